The smallest absolute Gasteiger partial charge is 0.273 e. The highest BCUT2D eigenvalue weighted by Gasteiger charge is 2.33. The van der Waals surface area contributed by atoms with Gasteiger partial charge in [0.05, 0.1) is 0 Å². The molecule has 1 aliphatic heterocycles. The van der Waals surface area contributed by atoms with E-state index in [1.54, 1.807) is 6.92 Å². The third-order valence-electron chi connectivity index (χ3n) is 5.84. The van der Waals surface area contributed by atoms with Crippen LogP contribution < -0.4 is 0 Å². The van der Waals surface area contributed by atoms with Gasteiger partial charge in [0.25, 0.3) is 5.91 Å². The van der Waals surface area contributed by atoms with E-state index in [0.717, 1.165) is 36.0 Å². The molecule has 2 aliphatic rings. The number of hydrogen-bond acceptors (Lipinski definition) is 4. The van der Waals surface area contributed by atoms with Crippen LogP contribution in [0.4, 0.5) is 0 Å². The van der Waals surface area contributed by atoms with E-state index in [2.05, 4.69) is 4.98 Å². The number of carbonyl (C=O) groups excluding carboxylic acids is 2. The number of Topliss-reactive ketones (excluding diaryl/α,β-unsaturated/α-hetero) is 1. The number of ketones is 1. The number of piperidine rings is 1. The molecule has 5 heteroatoms. The van der Waals surface area contributed by atoms with E-state index in [0.29, 0.717) is 17.2 Å². The molecule has 1 aromatic carbocycles. The Morgan fingerprint density at radius 1 is 1.12 bits per heavy atom. The maximum absolute atomic E-state index is 12.9. The second-order valence-electron chi connectivity index (χ2n) is 7.48. The molecule has 2 atom stereocenters. The van der Waals surface area contributed by atoms with Crippen molar-refractivity contribution in [2.75, 3.05) is 13.1 Å². The van der Waals surface area contributed by atoms with Crippen LogP contribution in [0.25, 0.3) is 10.6 Å². The Kier molecular flexibility index (Phi) is 4.90. The Morgan fingerprint density at radius 3 is 2.69 bits per heavy atom. The minimum atomic E-state index is 0.0167. The standard InChI is InChI=1S/C21H24N2O2S/c1-14(24)17-8-4-5-9-18(17)20-22-19(13-26-20)21(25)23-11-10-15-6-2-3-7-16(15)12-23/h4-5,8-9,13,15-16H,2-3,6-7,10-12H2,1H3. The summed E-state index contributed by atoms with van der Waals surface area (Å²) in [5.41, 5.74) is 1.98. The van der Waals surface area contributed by atoms with Crippen LogP contribution in [-0.4, -0.2) is 34.7 Å². The Labute approximate surface area is 158 Å². The largest absolute Gasteiger partial charge is 0.337 e. The molecule has 2 fully saturated rings. The highest BCUT2D eigenvalue weighted by atomic mass is 32.1. The quantitative estimate of drug-likeness (QED) is 0.740. The molecule has 26 heavy (non-hydrogen) atoms. The van der Waals surface area contributed by atoms with E-state index < -0.39 is 0 Å². The summed E-state index contributed by atoms with van der Waals surface area (Å²) >= 11 is 1.44. The summed E-state index contributed by atoms with van der Waals surface area (Å²) in [4.78, 5) is 31.4. The predicted octanol–water partition coefficient (Wildman–Crippen LogP) is 4.67. The van der Waals surface area contributed by atoms with E-state index in [9.17, 15) is 9.59 Å². The fourth-order valence-corrected chi connectivity index (χ4v) is 5.25. The zero-order valence-corrected chi connectivity index (χ0v) is 15.9. The molecule has 1 saturated heterocycles. The summed E-state index contributed by atoms with van der Waals surface area (Å²) in [5.74, 6) is 1.53. The Bertz CT molecular complexity index is 829. The first-order chi connectivity index (χ1) is 12.6. The number of aromatic nitrogens is 1. The first kappa shape index (κ1) is 17.4. The molecular formula is C21H24N2O2S. The van der Waals surface area contributed by atoms with Crippen LogP contribution in [0.2, 0.25) is 0 Å². The van der Waals surface area contributed by atoms with Gasteiger partial charge in [0.1, 0.15) is 10.7 Å². The molecule has 1 aromatic heterocycles. The fourth-order valence-electron chi connectivity index (χ4n) is 4.42. The predicted molar refractivity (Wildman–Crippen MR) is 104 cm³/mol. The average Bonchev–Trinajstić information content (AvgIpc) is 3.17. The Balaban J connectivity index is 1.53. The minimum Gasteiger partial charge on any atom is -0.337 e. The molecule has 2 aromatic rings. The number of hydrogen-bond donors (Lipinski definition) is 0. The van der Waals surface area contributed by atoms with Crippen molar-refractivity contribution >= 4 is 23.0 Å². The molecule has 2 unspecified atom stereocenters. The number of carbonyl (C=O) groups is 2. The fraction of sp³-hybridized carbons (Fsp3) is 0.476. The van der Waals surface area contributed by atoms with Crippen LogP contribution in [0.1, 0.15) is 59.9 Å². The minimum absolute atomic E-state index is 0.0167. The average molecular weight is 369 g/mol. The topological polar surface area (TPSA) is 50.3 Å². The van der Waals surface area contributed by atoms with Crippen LogP contribution in [0, 0.1) is 11.8 Å². The van der Waals surface area contributed by atoms with Gasteiger partial charge in [0.15, 0.2) is 5.78 Å². The SMILES string of the molecule is CC(=O)c1ccccc1-c1nc(C(=O)N2CCC3CCCCC3C2)cs1. The normalized spacial score (nSPS) is 22.7. The third kappa shape index (κ3) is 3.32. The second-order valence-corrected chi connectivity index (χ2v) is 8.34. The van der Waals surface area contributed by atoms with Crippen molar-refractivity contribution in [3.8, 4) is 10.6 Å². The van der Waals surface area contributed by atoms with Gasteiger partial charge in [0.2, 0.25) is 0 Å². The molecule has 0 spiro atoms. The Hall–Kier alpha value is -2.01. The van der Waals surface area contributed by atoms with Crippen LogP contribution in [0.3, 0.4) is 0 Å². The third-order valence-corrected chi connectivity index (χ3v) is 6.71. The van der Waals surface area contributed by atoms with Gasteiger partial charge in [-0.1, -0.05) is 43.5 Å². The molecule has 0 N–H and O–H groups in total. The van der Waals surface area contributed by atoms with Gasteiger partial charge in [-0.15, -0.1) is 11.3 Å². The number of fused-ring (bicyclic) bond motifs is 1. The van der Waals surface area contributed by atoms with E-state index in [4.69, 9.17) is 0 Å². The van der Waals surface area contributed by atoms with Crippen molar-refractivity contribution < 1.29 is 9.59 Å². The van der Waals surface area contributed by atoms with Crippen LogP contribution in [-0.2, 0) is 0 Å². The lowest BCUT2D eigenvalue weighted by Crippen LogP contribution is -2.44. The summed E-state index contributed by atoms with van der Waals surface area (Å²) in [5, 5.41) is 2.58. The molecule has 1 amide bonds. The molecule has 1 saturated carbocycles. The summed E-state index contributed by atoms with van der Waals surface area (Å²) in [6.07, 6.45) is 6.35. The van der Waals surface area contributed by atoms with Crippen molar-refractivity contribution in [3.63, 3.8) is 0 Å². The maximum Gasteiger partial charge on any atom is 0.273 e. The number of nitrogens with zero attached hydrogens (tertiary/aromatic N) is 2. The van der Waals surface area contributed by atoms with E-state index in [1.807, 2.05) is 34.5 Å². The van der Waals surface area contributed by atoms with Crippen molar-refractivity contribution in [1.82, 2.24) is 9.88 Å². The second kappa shape index (κ2) is 7.31. The van der Waals surface area contributed by atoms with Crippen LogP contribution in [0.5, 0.6) is 0 Å². The molecule has 0 bridgehead atoms. The van der Waals surface area contributed by atoms with Crippen molar-refractivity contribution in [1.29, 1.82) is 0 Å². The zero-order chi connectivity index (χ0) is 18.1. The monoisotopic (exact) mass is 368 g/mol. The van der Waals surface area contributed by atoms with Gasteiger partial charge in [-0.05, 0) is 31.6 Å². The molecule has 2 heterocycles. The molecular weight excluding hydrogens is 344 g/mol. The summed E-state index contributed by atoms with van der Waals surface area (Å²) in [6, 6.07) is 7.47. The van der Waals surface area contributed by atoms with Gasteiger partial charge < -0.3 is 4.90 Å². The highest BCUT2D eigenvalue weighted by Crippen LogP contribution is 2.36. The van der Waals surface area contributed by atoms with Crippen molar-refractivity contribution in [2.24, 2.45) is 11.8 Å². The molecule has 4 rings (SSSR count). The lowest BCUT2D eigenvalue weighted by molar-refractivity contribution is 0.0516. The summed E-state index contributed by atoms with van der Waals surface area (Å²) < 4.78 is 0. The van der Waals surface area contributed by atoms with Gasteiger partial charge in [0, 0.05) is 29.6 Å². The lowest BCUT2D eigenvalue weighted by atomic mass is 9.75. The van der Waals surface area contributed by atoms with E-state index in [-0.39, 0.29) is 11.7 Å². The number of benzene rings is 1. The lowest BCUT2D eigenvalue weighted by Gasteiger charge is -2.41. The van der Waals surface area contributed by atoms with Crippen molar-refractivity contribution in [2.45, 2.75) is 39.0 Å². The van der Waals surface area contributed by atoms with Crippen LogP contribution in [0.15, 0.2) is 29.6 Å². The molecule has 1 aliphatic carbocycles. The Morgan fingerprint density at radius 2 is 1.88 bits per heavy atom. The molecule has 0 radical (unpaired) electrons. The van der Waals surface area contributed by atoms with Crippen LogP contribution >= 0.6 is 11.3 Å². The number of likely N-dealkylation sites (tertiary alicyclic amines) is 1. The van der Waals surface area contributed by atoms with Gasteiger partial charge in [-0.25, -0.2) is 4.98 Å². The molecule has 4 nitrogen and oxygen atoms in total. The van der Waals surface area contributed by atoms with Gasteiger partial charge in [-0.3, -0.25) is 9.59 Å². The van der Waals surface area contributed by atoms with E-state index in [1.165, 1.54) is 37.0 Å². The maximum atomic E-state index is 12.9. The summed E-state index contributed by atoms with van der Waals surface area (Å²) in [7, 11) is 0. The van der Waals surface area contributed by atoms with E-state index >= 15 is 0 Å². The van der Waals surface area contributed by atoms with Crippen molar-refractivity contribution in [3.05, 3.63) is 40.9 Å². The number of thiazole rings is 1. The highest BCUT2D eigenvalue weighted by molar-refractivity contribution is 7.13. The van der Waals surface area contributed by atoms with Gasteiger partial charge in [-0.2, -0.15) is 0 Å². The van der Waals surface area contributed by atoms with Gasteiger partial charge >= 0.3 is 0 Å². The first-order valence-electron chi connectivity index (χ1n) is 9.48. The zero-order valence-electron chi connectivity index (χ0n) is 15.1. The number of amides is 1. The number of rotatable bonds is 3. The summed E-state index contributed by atoms with van der Waals surface area (Å²) in [6.45, 7) is 3.28. The first-order valence-corrected chi connectivity index (χ1v) is 10.4. The molecule has 136 valence electrons.